The van der Waals surface area contributed by atoms with Crippen LogP contribution in [-0.2, 0) is 23.9 Å². The van der Waals surface area contributed by atoms with E-state index in [-0.39, 0.29) is 29.7 Å². The number of carbonyl (C=O) groups excluding carboxylic acids is 2. The molecule has 0 bridgehead atoms. The van der Waals surface area contributed by atoms with Crippen molar-refractivity contribution < 1.29 is 22.7 Å². The highest BCUT2D eigenvalue weighted by molar-refractivity contribution is 9.09. The molecule has 2 saturated heterocycles. The Balaban J connectivity index is 1.50. The van der Waals surface area contributed by atoms with E-state index in [1.165, 1.54) is 26.2 Å². The standard InChI is InChI=1S/C23H23BrN6O5S/c1-28-14-20(31)29-19(21(28)32)13-23(24)17-5-2-3-6-18(17)30(22(23)29)36(33,34)16-9-7-15(8-10-16)35-12-4-11-26-27-25/h2-3,5-10,19,22H,4,11-14H2,1H3/t19-,22-,23-/m0/s1. The minimum atomic E-state index is -4.12. The van der Waals surface area contributed by atoms with Gasteiger partial charge in [0.2, 0.25) is 11.8 Å². The molecular weight excluding hydrogens is 552 g/mol. The lowest BCUT2D eigenvalue weighted by molar-refractivity contribution is -0.153. The van der Waals surface area contributed by atoms with Gasteiger partial charge in [0.25, 0.3) is 10.0 Å². The third-order valence-electron chi connectivity index (χ3n) is 6.75. The Kier molecular flexibility index (Phi) is 6.09. The number of halogens is 1. The number of likely N-dealkylation sites (N-methyl/N-ethyl adjacent to an activating group) is 1. The van der Waals surface area contributed by atoms with E-state index < -0.39 is 26.6 Å². The molecule has 13 heteroatoms. The van der Waals surface area contributed by atoms with Crippen molar-refractivity contribution in [1.82, 2.24) is 9.80 Å². The first-order valence-corrected chi connectivity index (χ1v) is 13.6. The number of fused-ring (bicyclic) bond motifs is 5. The largest absolute Gasteiger partial charge is 0.494 e. The van der Waals surface area contributed by atoms with Crippen LogP contribution in [0.5, 0.6) is 5.75 Å². The van der Waals surface area contributed by atoms with Crippen LogP contribution in [0.3, 0.4) is 0 Å². The van der Waals surface area contributed by atoms with Crippen molar-refractivity contribution in [2.75, 3.05) is 31.0 Å². The molecule has 3 atom stereocenters. The fraction of sp³-hybridized carbons (Fsp3) is 0.391. The molecule has 0 aliphatic carbocycles. The Labute approximate surface area is 216 Å². The predicted octanol–water partition coefficient (Wildman–Crippen LogP) is 2.96. The number of hydrogen-bond acceptors (Lipinski definition) is 6. The molecule has 2 aromatic rings. The first kappa shape index (κ1) is 24.4. The summed E-state index contributed by atoms with van der Waals surface area (Å²) in [5, 5.41) is 3.45. The van der Waals surface area contributed by atoms with Crippen LogP contribution in [-0.4, -0.2) is 69.0 Å². The highest BCUT2D eigenvalue weighted by atomic mass is 79.9. The van der Waals surface area contributed by atoms with E-state index in [2.05, 4.69) is 26.0 Å². The van der Waals surface area contributed by atoms with Gasteiger partial charge >= 0.3 is 0 Å². The number of sulfonamides is 1. The zero-order valence-corrected chi connectivity index (χ0v) is 21.7. The van der Waals surface area contributed by atoms with Gasteiger partial charge in [-0.15, -0.1) is 0 Å². The minimum absolute atomic E-state index is 0.0341. The van der Waals surface area contributed by atoms with Crippen LogP contribution in [0, 0.1) is 0 Å². The molecule has 36 heavy (non-hydrogen) atoms. The summed E-state index contributed by atoms with van der Waals surface area (Å²) in [6.07, 6.45) is -0.132. The number of para-hydroxylation sites is 1. The average Bonchev–Trinajstić information content (AvgIpc) is 3.30. The van der Waals surface area contributed by atoms with E-state index in [0.29, 0.717) is 31.0 Å². The van der Waals surface area contributed by atoms with Crippen molar-refractivity contribution in [3.63, 3.8) is 0 Å². The predicted molar refractivity (Wildman–Crippen MR) is 134 cm³/mol. The normalized spacial score (nSPS) is 24.8. The molecule has 3 heterocycles. The molecule has 0 aromatic heterocycles. The molecule has 2 aromatic carbocycles. The average molecular weight is 575 g/mol. The molecule has 2 fully saturated rings. The molecule has 0 saturated carbocycles. The fourth-order valence-electron chi connectivity index (χ4n) is 5.16. The first-order chi connectivity index (χ1) is 17.2. The number of azide groups is 1. The quantitative estimate of drug-likeness (QED) is 0.164. The van der Waals surface area contributed by atoms with Crippen LogP contribution in [0.25, 0.3) is 10.4 Å². The minimum Gasteiger partial charge on any atom is -0.494 e. The van der Waals surface area contributed by atoms with Crippen molar-refractivity contribution in [3.05, 3.63) is 64.5 Å². The maximum Gasteiger partial charge on any atom is 0.266 e. The van der Waals surface area contributed by atoms with E-state index >= 15 is 0 Å². The van der Waals surface area contributed by atoms with Crippen LogP contribution in [0.4, 0.5) is 5.69 Å². The second-order valence-corrected chi connectivity index (χ2v) is 12.1. The number of alkyl halides is 1. The van der Waals surface area contributed by atoms with Crippen LogP contribution in [0.1, 0.15) is 18.4 Å². The SMILES string of the molecule is CN1CC(=O)N2[C@@H](C[C@]3(Br)c4ccccc4N(S(=O)(=O)c4ccc(OCCCN=[N+]=[N-])cc4)[C@H]23)C1=O. The number of ether oxygens (including phenoxy) is 1. The van der Waals surface area contributed by atoms with Crippen molar-refractivity contribution in [1.29, 1.82) is 0 Å². The van der Waals surface area contributed by atoms with Gasteiger partial charge in [-0.3, -0.25) is 9.59 Å². The lowest BCUT2D eigenvalue weighted by Crippen LogP contribution is -2.62. The summed E-state index contributed by atoms with van der Waals surface area (Å²) in [4.78, 5) is 31.6. The Morgan fingerprint density at radius 3 is 2.64 bits per heavy atom. The van der Waals surface area contributed by atoms with Gasteiger partial charge in [-0.1, -0.05) is 39.2 Å². The Morgan fingerprint density at radius 1 is 1.19 bits per heavy atom. The van der Waals surface area contributed by atoms with Crippen LogP contribution in [0.2, 0.25) is 0 Å². The van der Waals surface area contributed by atoms with Crippen molar-refractivity contribution in [3.8, 4) is 5.75 Å². The zero-order valence-electron chi connectivity index (χ0n) is 19.3. The third-order valence-corrected chi connectivity index (χ3v) is 9.69. The van der Waals surface area contributed by atoms with Crippen molar-refractivity contribution >= 4 is 43.5 Å². The first-order valence-electron chi connectivity index (χ1n) is 11.3. The highest BCUT2D eigenvalue weighted by Crippen LogP contribution is 2.59. The molecule has 3 aliphatic heterocycles. The van der Waals surface area contributed by atoms with E-state index in [0.717, 1.165) is 5.56 Å². The van der Waals surface area contributed by atoms with E-state index in [4.69, 9.17) is 10.3 Å². The molecule has 0 unspecified atom stereocenters. The molecule has 0 N–H and O–H groups in total. The summed E-state index contributed by atoms with van der Waals surface area (Å²) in [6.45, 7) is 0.520. The van der Waals surface area contributed by atoms with E-state index in [1.807, 2.05) is 12.1 Å². The summed E-state index contributed by atoms with van der Waals surface area (Å²) in [7, 11) is -2.55. The number of amides is 2. The second-order valence-electron chi connectivity index (χ2n) is 8.90. The van der Waals surface area contributed by atoms with Crippen molar-refractivity contribution in [2.24, 2.45) is 5.11 Å². The summed E-state index contributed by atoms with van der Waals surface area (Å²) >= 11 is 3.78. The summed E-state index contributed by atoms with van der Waals surface area (Å²) in [6, 6.07) is 12.4. The van der Waals surface area contributed by atoms with Gasteiger partial charge in [0.05, 0.1) is 28.1 Å². The number of carbonyl (C=O) groups is 2. The fourth-order valence-corrected chi connectivity index (χ4v) is 8.03. The Bertz CT molecular complexity index is 1380. The molecular formula is C23H23BrN6O5S. The smallest absolute Gasteiger partial charge is 0.266 e. The zero-order chi connectivity index (χ0) is 25.7. The topological polar surface area (TPSA) is 136 Å². The summed E-state index contributed by atoms with van der Waals surface area (Å²) < 4.78 is 34.0. The van der Waals surface area contributed by atoms with Gasteiger partial charge in [-0.05, 0) is 47.8 Å². The molecule has 188 valence electrons. The summed E-state index contributed by atoms with van der Waals surface area (Å²) in [5.41, 5.74) is 9.52. The number of anilines is 1. The molecule has 11 nitrogen and oxygen atoms in total. The lowest BCUT2D eigenvalue weighted by atomic mass is 9.95. The maximum atomic E-state index is 14.0. The van der Waals surface area contributed by atoms with Crippen LogP contribution < -0.4 is 9.04 Å². The molecule has 0 spiro atoms. The van der Waals surface area contributed by atoms with Crippen LogP contribution in [0.15, 0.2) is 58.5 Å². The highest BCUT2D eigenvalue weighted by Gasteiger charge is 2.66. The number of rotatable bonds is 7. The van der Waals surface area contributed by atoms with Gasteiger partial charge < -0.3 is 14.5 Å². The van der Waals surface area contributed by atoms with Gasteiger partial charge in [-0.2, -0.15) is 0 Å². The Morgan fingerprint density at radius 2 is 1.92 bits per heavy atom. The molecule has 3 aliphatic rings. The maximum absolute atomic E-state index is 14.0. The van der Waals surface area contributed by atoms with Gasteiger partial charge in [-0.25, -0.2) is 12.7 Å². The van der Waals surface area contributed by atoms with Crippen molar-refractivity contribution in [2.45, 2.75) is 34.3 Å². The van der Waals surface area contributed by atoms with Gasteiger partial charge in [0.15, 0.2) is 0 Å². The number of nitrogens with zero attached hydrogens (tertiary/aromatic N) is 6. The van der Waals surface area contributed by atoms with Gasteiger partial charge in [0.1, 0.15) is 18.0 Å². The van der Waals surface area contributed by atoms with E-state index in [1.54, 1.807) is 31.3 Å². The molecule has 5 rings (SSSR count). The second kappa shape index (κ2) is 8.99. The number of hydrogen-bond donors (Lipinski definition) is 0. The monoisotopic (exact) mass is 574 g/mol. The van der Waals surface area contributed by atoms with Gasteiger partial charge in [0, 0.05) is 24.9 Å². The Hall–Kier alpha value is -3.28. The van der Waals surface area contributed by atoms with Crippen LogP contribution >= 0.6 is 15.9 Å². The molecule has 2 amide bonds. The summed E-state index contributed by atoms with van der Waals surface area (Å²) in [5.74, 6) is -0.0298. The number of benzene rings is 2. The molecule has 0 radical (unpaired) electrons. The lowest BCUT2D eigenvalue weighted by Gasteiger charge is -2.40. The number of piperazine rings is 1. The van der Waals surface area contributed by atoms with E-state index in [9.17, 15) is 18.0 Å². The third kappa shape index (κ3) is 3.69.